The maximum Gasteiger partial charge on any atom is 0.329 e. The van der Waals surface area contributed by atoms with Gasteiger partial charge in [0, 0.05) is 24.0 Å². The van der Waals surface area contributed by atoms with E-state index in [1.54, 1.807) is 24.4 Å². The topological polar surface area (TPSA) is 42.4 Å². The van der Waals surface area contributed by atoms with Gasteiger partial charge in [0.1, 0.15) is 17.3 Å². The first kappa shape index (κ1) is 11.6. The van der Waals surface area contributed by atoms with Crippen molar-refractivity contribution < 1.29 is 14.2 Å². The van der Waals surface area contributed by atoms with E-state index in [4.69, 9.17) is 9.76 Å². The van der Waals surface area contributed by atoms with Crippen LogP contribution in [0.15, 0.2) is 36.5 Å². The Morgan fingerprint density at radius 1 is 1.24 bits per heavy atom. The van der Waals surface area contributed by atoms with Crippen LogP contribution in [-0.4, -0.2) is 17.5 Å². The molecule has 0 aliphatic carbocycles. The Hall–Kier alpha value is -1.88. The number of hydrogen-bond donors (Lipinski definition) is 1. The van der Waals surface area contributed by atoms with Crippen molar-refractivity contribution in [2.24, 2.45) is 0 Å². The summed E-state index contributed by atoms with van der Waals surface area (Å²) in [6, 6.07) is 7.69. The Labute approximate surface area is 99.2 Å². The van der Waals surface area contributed by atoms with E-state index in [1.807, 2.05) is 6.92 Å². The minimum atomic E-state index is -0.532. The number of hydrogen-bond acceptors (Lipinski definition) is 3. The van der Waals surface area contributed by atoms with Crippen LogP contribution in [0.3, 0.4) is 0 Å². The number of aromatic nitrogens is 1. The Morgan fingerprint density at radius 2 is 2.00 bits per heavy atom. The predicted octanol–water partition coefficient (Wildman–Crippen LogP) is 1.56. The second kappa shape index (κ2) is 4.97. The number of benzene rings is 1. The molecule has 1 radical (unpaired) electrons. The summed E-state index contributed by atoms with van der Waals surface area (Å²) < 4.78 is 18.8. The lowest BCUT2D eigenvalue weighted by Crippen LogP contribution is -2.17. The smallest absolute Gasteiger partial charge is 0.329 e. The number of rotatable bonds is 3. The van der Waals surface area contributed by atoms with Gasteiger partial charge in [-0.15, -0.1) is 0 Å². The highest BCUT2D eigenvalue weighted by atomic mass is 19.1. The third-order valence-corrected chi connectivity index (χ3v) is 2.21. The minimum Gasteiger partial charge on any atom is -0.457 e. The van der Waals surface area contributed by atoms with Gasteiger partial charge in [0.05, 0.1) is 0 Å². The van der Waals surface area contributed by atoms with Gasteiger partial charge in [-0.2, -0.15) is 0 Å². The fourth-order valence-corrected chi connectivity index (χ4v) is 1.40. The molecule has 0 amide bonds. The van der Waals surface area contributed by atoms with E-state index in [2.05, 4.69) is 4.98 Å². The van der Waals surface area contributed by atoms with Gasteiger partial charge in [0.2, 0.25) is 0 Å². The van der Waals surface area contributed by atoms with Crippen molar-refractivity contribution in [3.8, 4) is 11.5 Å². The monoisotopic (exact) mass is 230 g/mol. The summed E-state index contributed by atoms with van der Waals surface area (Å²) in [5.74, 6) is 0.437. The van der Waals surface area contributed by atoms with Gasteiger partial charge in [0.15, 0.2) is 0 Å². The molecule has 85 valence electrons. The largest absolute Gasteiger partial charge is 0.457 e. The van der Waals surface area contributed by atoms with Crippen molar-refractivity contribution in [1.82, 2.24) is 4.98 Å². The number of nitrogens with zero attached hydrogens (tertiary/aromatic N) is 1. The second-order valence-corrected chi connectivity index (χ2v) is 3.55. The summed E-state index contributed by atoms with van der Waals surface area (Å²) in [6.45, 7) is 1.84. The van der Waals surface area contributed by atoms with Crippen molar-refractivity contribution in [2.75, 3.05) is 0 Å². The van der Waals surface area contributed by atoms with Crippen LogP contribution in [0.4, 0.5) is 4.39 Å². The zero-order valence-corrected chi connectivity index (χ0v) is 9.22. The molecule has 5 heteroatoms. The summed E-state index contributed by atoms with van der Waals surface area (Å²) in [7, 11) is 0.718. The van der Waals surface area contributed by atoms with Crippen molar-refractivity contribution in [3.05, 3.63) is 48.0 Å². The highest BCUT2D eigenvalue weighted by Crippen LogP contribution is 2.21. The molecule has 0 aliphatic heterocycles. The van der Waals surface area contributed by atoms with Gasteiger partial charge in [-0.25, -0.2) is 4.39 Å². The van der Waals surface area contributed by atoms with Gasteiger partial charge in [-0.05, 0) is 24.5 Å². The molecule has 0 fully saturated rings. The van der Waals surface area contributed by atoms with Crippen LogP contribution < -0.4 is 10.2 Å². The van der Waals surface area contributed by atoms with Gasteiger partial charge in [-0.3, -0.25) is 4.98 Å². The third kappa shape index (κ3) is 2.82. The van der Waals surface area contributed by atoms with E-state index < -0.39 is 5.82 Å². The SMILES string of the molecule is Cc1cc(Oc2ccc([B]O)c(F)c2)ccn1. The molecular weight excluding hydrogens is 220 g/mol. The Bertz CT molecular complexity index is 534. The standard InChI is InChI=1S/C12H10BFNO2/c1-8-6-10(4-5-15-8)17-9-2-3-11(13-16)12(14)7-9/h2-7,16H,1H3. The first-order valence-corrected chi connectivity index (χ1v) is 5.06. The number of aryl methyl sites for hydroxylation is 1. The zero-order chi connectivity index (χ0) is 12.3. The van der Waals surface area contributed by atoms with Crippen molar-refractivity contribution >= 4 is 12.9 Å². The molecule has 1 N–H and O–H groups in total. The number of pyridine rings is 1. The van der Waals surface area contributed by atoms with E-state index in [9.17, 15) is 4.39 Å². The molecule has 0 saturated heterocycles. The summed E-state index contributed by atoms with van der Waals surface area (Å²) in [5, 5.41) is 8.72. The highest BCUT2D eigenvalue weighted by molar-refractivity contribution is 6.45. The van der Waals surface area contributed by atoms with Crippen molar-refractivity contribution in [3.63, 3.8) is 0 Å². The van der Waals surface area contributed by atoms with Crippen LogP contribution in [-0.2, 0) is 0 Å². The molecule has 1 aromatic heterocycles. The maximum absolute atomic E-state index is 13.3. The summed E-state index contributed by atoms with van der Waals surface area (Å²) in [5.41, 5.74) is 0.951. The third-order valence-electron chi connectivity index (χ3n) is 2.21. The molecule has 3 nitrogen and oxygen atoms in total. The van der Waals surface area contributed by atoms with Crippen LogP contribution >= 0.6 is 0 Å². The van der Waals surface area contributed by atoms with Crippen LogP contribution in [0.5, 0.6) is 11.5 Å². The summed E-state index contributed by atoms with van der Waals surface area (Å²) in [6.07, 6.45) is 1.62. The average molecular weight is 230 g/mol. The maximum atomic E-state index is 13.3. The summed E-state index contributed by atoms with van der Waals surface area (Å²) >= 11 is 0. The molecule has 1 aromatic carbocycles. The molecule has 0 bridgehead atoms. The predicted molar refractivity (Wildman–Crippen MR) is 63.1 cm³/mol. The first-order chi connectivity index (χ1) is 8.19. The zero-order valence-electron chi connectivity index (χ0n) is 9.22. The fourth-order valence-electron chi connectivity index (χ4n) is 1.40. The number of halogens is 1. The molecule has 1 heterocycles. The van der Waals surface area contributed by atoms with Crippen LogP contribution in [0.1, 0.15) is 5.69 Å². The average Bonchev–Trinajstić information content (AvgIpc) is 2.29. The molecule has 0 aliphatic rings. The van der Waals surface area contributed by atoms with Gasteiger partial charge in [-0.1, -0.05) is 6.07 Å². The summed E-state index contributed by atoms with van der Waals surface area (Å²) in [4.78, 5) is 4.03. The minimum absolute atomic E-state index is 0.128. The first-order valence-electron chi connectivity index (χ1n) is 5.06. The molecule has 0 spiro atoms. The van der Waals surface area contributed by atoms with Gasteiger partial charge < -0.3 is 9.76 Å². The van der Waals surface area contributed by atoms with Crippen molar-refractivity contribution in [2.45, 2.75) is 6.92 Å². The molecule has 17 heavy (non-hydrogen) atoms. The van der Waals surface area contributed by atoms with E-state index >= 15 is 0 Å². The van der Waals surface area contributed by atoms with Crippen LogP contribution in [0.2, 0.25) is 0 Å². The number of ether oxygens (including phenoxy) is 1. The van der Waals surface area contributed by atoms with E-state index in [-0.39, 0.29) is 5.46 Å². The fraction of sp³-hybridized carbons (Fsp3) is 0.0833. The van der Waals surface area contributed by atoms with E-state index in [0.717, 1.165) is 13.2 Å². The lowest BCUT2D eigenvalue weighted by Gasteiger charge is -2.07. The molecular formula is C12H10BFNO2. The molecule has 0 atom stereocenters. The quantitative estimate of drug-likeness (QED) is 0.813. The molecule has 0 unspecified atom stereocenters. The Morgan fingerprint density at radius 3 is 2.65 bits per heavy atom. The molecule has 2 aromatic rings. The molecule has 0 saturated carbocycles. The van der Waals surface area contributed by atoms with Crippen LogP contribution in [0.25, 0.3) is 0 Å². The van der Waals surface area contributed by atoms with E-state index in [0.29, 0.717) is 11.5 Å². The van der Waals surface area contributed by atoms with Crippen LogP contribution in [0, 0.1) is 12.7 Å². The Kier molecular flexibility index (Phi) is 3.39. The van der Waals surface area contributed by atoms with Gasteiger partial charge in [0.25, 0.3) is 0 Å². The molecule has 2 rings (SSSR count). The van der Waals surface area contributed by atoms with E-state index in [1.165, 1.54) is 12.1 Å². The normalized spacial score (nSPS) is 10.1. The lowest BCUT2D eigenvalue weighted by atomic mass is 9.88. The highest BCUT2D eigenvalue weighted by Gasteiger charge is 2.05. The van der Waals surface area contributed by atoms with Crippen molar-refractivity contribution in [1.29, 1.82) is 0 Å². The van der Waals surface area contributed by atoms with Gasteiger partial charge >= 0.3 is 7.48 Å². The second-order valence-electron chi connectivity index (χ2n) is 3.55. The Balaban J connectivity index is 2.22. The lowest BCUT2D eigenvalue weighted by molar-refractivity contribution is 0.476.